The van der Waals surface area contributed by atoms with E-state index in [0.717, 1.165) is 33.5 Å². The summed E-state index contributed by atoms with van der Waals surface area (Å²) in [5.74, 6) is 0.805. The lowest BCUT2D eigenvalue weighted by molar-refractivity contribution is 0.298. The van der Waals surface area contributed by atoms with Crippen LogP contribution in [0.15, 0.2) is 36.0 Å². The minimum absolute atomic E-state index is 0.438. The third-order valence-corrected chi connectivity index (χ3v) is 4.27. The number of halogens is 1. The zero-order valence-corrected chi connectivity index (χ0v) is 13.2. The highest BCUT2D eigenvalue weighted by molar-refractivity contribution is 7.15. The first-order valence-electron chi connectivity index (χ1n) is 6.80. The predicted molar refractivity (Wildman–Crippen MR) is 86.2 cm³/mol. The molecule has 0 saturated carbocycles. The highest BCUT2D eigenvalue weighted by Gasteiger charge is 2.09. The number of thiazole rings is 1. The summed E-state index contributed by atoms with van der Waals surface area (Å²) in [7, 11) is 0. The van der Waals surface area contributed by atoms with Crippen LogP contribution in [0, 0.1) is 0 Å². The molecule has 0 radical (unpaired) electrons. The van der Waals surface area contributed by atoms with Crippen molar-refractivity contribution < 1.29 is 4.74 Å². The van der Waals surface area contributed by atoms with Crippen LogP contribution in [0.2, 0.25) is 5.02 Å². The summed E-state index contributed by atoms with van der Waals surface area (Å²) in [5, 5.41) is 6.01. The molecule has 0 bridgehead atoms. The van der Waals surface area contributed by atoms with Crippen LogP contribution in [0.3, 0.4) is 0 Å². The Morgan fingerprint density at radius 2 is 2.33 bits per heavy atom. The van der Waals surface area contributed by atoms with Crippen molar-refractivity contribution >= 4 is 27.9 Å². The summed E-state index contributed by atoms with van der Waals surface area (Å²) in [6, 6.07) is 5.73. The molecule has 110 valence electrons. The van der Waals surface area contributed by atoms with Gasteiger partial charge < -0.3 is 10.1 Å². The van der Waals surface area contributed by atoms with Crippen molar-refractivity contribution in [3.05, 3.63) is 52.3 Å². The van der Waals surface area contributed by atoms with Gasteiger partial charge in [0.1, 0.15) is 12.4 Å². The maximum atomic E-state index is 6.26. The molecule has 2 heterocycles. The number of nitrogens with one attached hydrogen (secondary N) is 1. The lowest BCUT2D eigenvalue weighted by Crippen LogP contribution is -2.13. The van der Waals surface area contributed by atoms with Crippen LogP contribution in [0.25, 0.3) is 4.96 Å². The van der Waals surface area contributed by atoms with Gasteiger partial charge in [0.2, 0.25) is 0 Å². The summed E-state index contributed by atoms with van der Waals surface area (Å²) in [6.07, 6.45) is 3.98. The number of aromatic nitrogens is 2. The van der Waals surface area contributed by atoms with Crippen LogP contribution in [-0.2, 0) is 13.2 Å². The summed E-state index contributed by atoms with van der Waals surface area (Å²) in [4.78, 5) is 5.49. The maximum Gasteiger partial charge on any atom is 0.193 e. The Kier molecular flexibility index (Phi) is 4.43. The van der Waals surface area contributed by atoms with E-state index in [1.54, 1.807) is 11.3 Å². The van der Waals surface area contributed by atoms with Gasteiger partial charge in [-0.15, -0.1) is 11.3 Å². The van der Waals surface area contributed by atoms with Gasteiger partial charge in [-0.25, -0.2) is 4.98 Å². The smallest absolute Gasteiger partial charge is 0.193 e. The second kappa shape index (κ2) is 6.47. The van der Waals surface area contributed by atoms with Gasteiger partial charge in [0.15, 0.2) is 4.96 Å². The molecule has 3 aromatic rings. The Morgan fingerprint density at radius 3 is 3.14 bits per heavy atom. The zero-order chi connectivity index (χ0) is 14.7. The summed E-state index contributed by atoms with van der Waals surface area (Å²) >= 11 is 7.87. The molecule has 0 aliphatic heterocycles. The van der Waals surface area contributed by atoms with Gasteiger partial charge in [0, 0.05) is 34.9 Å². The summed E-state index contributed by atoms with van der Waals surface area (Å²) < 4.78 is 7.91. The molecule has 0 fully saturated rings. The third kappa shape index (κ3) is 3.20. The Morgan fingerprint density at radius 1 is 1.43 bits per heavy atom. The van der Waals surface area contributed by atoms with Gasteiger partial charge in [0.25, 0.3) is 0 Å². The number of hydrogen-bond donors (Lipinski definition) is 1. The third-order valence-electron chi connectivity index (χ3n) is 3.15. The molecule has 1 N–H and O–H groups in total. The Labute approximate surface area is 132 Å². The number of fused-ring (bicyclic) bond motifs is 1. The van der Waals surface area contributed by atoms with Gasteiger partial charge >= 0.3 is 0 Å². The predicted octanol–water partition coefficient (Wildman–Crippen LogP) is 3.74. The molecular weight excluding hydrogens is 306 g/mol. The number of rotatable bonds is 6. The second-order valence-corrected chi connectivity index (χ2v) is 5.89. The zero-order valence-electron chi connectivity index (χ0n) is 11.7. The summed E-state index contributed by atoms with van der Waals surface area (Å²) in [5.41, 5.74) is 1.90. The van der Waals surface area contributed by atoms with Gasteiger partial charge in [0.05, 0.1) is 5.69 Å². The fourth-order valence-corrected chi connectivity index (χ4v) is 3.04. The second-order valence-electron chi connectivity index (χ2n) is 4.61. The van der Waals surface area contributed by atoms with E-state index in [0.29, 0.717) is 13.2 Å². The van der Waals surface area contributed by atoms with Crippen LogP contribution < -0.4 is 10.1 Å². The van der Waals surface area contributed by atoms with Crippen molar-refractivity contribution in [1.82, 2.24) is 14.7 Å². The molecule has 3 rings (SSSR count). The van der Waals surface area contributed by atoms with Crippen molar-refractivity contribution in [2.45, 2.75) is 20.1 Å². The van der Waals surface area contributed by atoms with Gasteiger partial charge in [-0.05, 0) is 18.7 Å². The number of imidazole rings is 1. The molecule has 0 spiro atoms. The van der Waals surface area contributed by atoms with E-state index in [1.165, 1.54) is 0 Å². The Bertz CT molecular complexity index is 709. The summed E-state index contributed by atoms with van der Waals surface area (Å²) in [6.45, 7) is 4.09. The van der Waals surface area contributed by atoms with Gasteiger partial charge in [-0.3, -0.25) is 4.40 Å². The van der Waals surface area contributed by atoms with E-state index < -0.39 is 0 Å². The van der Waals surface area contributed by atoms with Crippen LogP contribution >= 0.6 is 22.9 Å². The number of hydrogen-bond acceptors (Lipinski definition) is 4. The average Bonchev–Trinajstić information content (AvgIpc) is 3.05. The molecule has 1 aromatic carbocycles. The van der Waals surface area contributed by atoms with Crippen LogP contribution in [-0.4, -0.2) is 15.9 Å². The fraction of sp³-hybridized carbons (Fsp3) is 0.267. The quantitative estimate of drug-likeness (QED) is 0.751. The Hall–Kier alpha value is -1.56. The Balaban J connectivity index is 1.74. The van der Waals surface area contributed by atoms with Crippen LogP contribution in [0.4, 0.5) is 0 Å². The molecule has 0 aliphatic carbocycles. The number of benzene rings is 1. The largest absolute Gasteiger partial charge is 0.487 e. The fourth-order valence-electron chi connectivity index (χ4n) is 2.09. The minimum atomic E-state index is 0.438. The monoisotopic (exact) mass is 321 g/mol. The van der Waals surface area contributed by atoms with Crippen molar-refractivity contribution in [3.8, 4) is 5.75 Å². The van der Waals surface area contributed by atoms with E-state index in [1.807, 2.05) is 40.4 Å². The minimum Gasteiger partial charge on any atom is -0.487 e. The molecule has 2 aromatic heterocycles. The molecule has 21 heavy (non-hydrogen) atoms. The number of ether oxygens (including phenoxy) is 1. The topological polar surface area (TPSA) is 38.6 Å². The van der Waals surface area contributed by atoms with E-state index in [4.69, 9.17) is 16.3 Å². The lowest BCUT2D eigenvalue weighted by atomic mass is 10.2. The molecule has 0 atom stereocenters. The highest BCUT2D eigenvalue weighted by atomic mass is 35.5. The van der Waals surface area contributed by atoms with Crippen molar-refractivity contribution in [1.29, 1.82) is 0 Å². The molecule has 0 saturated heterocycles. The van der Waals surface area contributed by atoms with Crippen LogP contribution in [0.5, 0.6) is 5.75 Å². The normalized spacial score (nSPS) is 11.1. The van der Waals surface area contributed by atoms with Crippen LogP contribution in [0.1, 0.15) is 18.2 Å². The van der Waals surface area contributed by atoms with Gasteiger partial charge in [-0.2, -0.15) is 0 Å². The lowest BCUT2D eigenvalue weighted by Gasteiger charge is -2.12. The first kappa shape index (κ1) is 14.4. The first-order valence-corrected chi connectivity index (χ1v) is 8.05. The van der Waals surface area contributed by atoms with Crippen molar-refractivity contribution in [2.75, 3.05) is 6.54 Å². The van der Waals surface area contributed by atoms with E-state index in [9.17, 15) is 0 Å². The molecule has 0 amide bonds. The van der Waals surface area contributed by atoms with Crippen molar-refractivity contribution in [3.63, 3.8) is 0 Å². The van der Waals surface area contributed by atoms with E-state index in [2.05, 4.69) is 17.2 Å². The van der Waals surface area contributed by atoms with Gasteiger partial charge in [-0.1, -0.05) is 24.6 Å². The SMILES string of the molecule is CCNCc1c(Cl)cccc1OCc1cn2ccsc2n1. The van der Waals surface area contributed by atoms with E-state index >= 15 is 0 Å². The standard InChI is InChI=1S/C15H16ClN3OS/c1-2-17-8-12-13(16)4-3-5-14(12)20-10-11-9-19-6-7-21-15(19)18-11/h3-7,9,17H,2,8,10H2,1H3. The molecular formula is C15H16ClN3OS. The first-order chi connectivity index (χ1) is 10.3. The van der Waals surface area contributed by atoms with E-state index in [-0.39, 0.29) is 0 Å². The maximum absolute atomic E-state index is 6.26. The molecule has 0 unspecified atom stereocenters. The average molecular weight is 322 g/mol. The molecule has 0 aliphatic rings. The molecule has 4 nitrogen and oxygen atoms in total. The highest BCUT2D eigenvalue weighted by Crippen LogP contribution is 2.27. The number of nitrogens with zero attached hydrogens (tertiary/aromatic N) is 2. The van der Waals surface area contributed by atoms with Crippen molar-refractivity contribution in [2.24, 2.45) is 0 Å². The molecule has 6 heteroatoms.